The first-order valence-corrected chi connectivity index (χ1v) is 3.86. The lowest BCUT2D eigenvalue weighted by Crippen LogP contribution is -2.39. The minimum Gasteiger partial charge on any atom is -0.468 e. The van der Waals surface area contributed by atoms with Crippen molar-refractivity contribution in [3.05, 3.63) is 12.4 Å². The van der Waals surface area contributed by atoms with Gasteiger partial charge in [-0.05, 0) is 6.92 Å². The molecule has 2 N–H and O–H groups in total. The molecule has 0 bridgehead atoms. The van der Waals surface area contributed by atoms with Crippen molar-refractivity contribution in [2.24, 2.45) is 5.73 Å². The van der Waals surface area contributed by atoms with Crippen LogP contribution in [0.1, 0.15) is 13.0 Å². The molecule has 2 atom stereocenters. The Labute approximate surface area is 75.7 Å². The molecule has 0 aliphatic heterocycles. The molecule has 1 rings (SSSR count). The molecule has 1 heterocycles. The molecule has 72 valence electrons. The predicted molar refractivity (Wildman–Crippen MR) is 44.7 cm³/mol. The monoisotopic (exact) mass is 184 g/mol. The molecule has 0 aliphatic rings. The lowest BCUT2D eigenvalue weighted by molar-refractivity contribution is -0.143. The van der Waals surface area contributed by atoms with E-state index in [0.29, 0.717) is 0 Å². The SMILES string of the molecule is COC(=O)[C@H](N)[C@@H](C)n1ccnn1. The van der Waals surface area contributed by atoms with Gasteiger partial charge in [0, 0.05) is 6.20 Å². The zero-order valence-corrected chi connectivity index (χ0v) is 7.54. The van der Waals surface area contributed by atoms with Crippen molar-refractivity contribution < 1.29 is 9.53 Å². The first kappa shape index (κ1) is 9.66. The number of methoxy groups -OCH3 is 1. The molecule has 0 saturated carbocycles. The van der Waals surface area contributed by atoms with E-state index in [4.69, 9.17) is 5.73 Å². The zero-order valence-electron chi connectivity index (χ0n) is 7.54. The first-order valence-electron chi connectivity index (χ1n) is 3.86. The van der Waals surface area contributed by atoms with Gasteiger partial charge in [-0.15, -0.1) is 5.10 Å². The van der Waals surface area contributed by atoms with E-state index < -0.39 is 12.0 Å². The highest BCUT2D eigenvalue weighted by Gasteiger charge is 2.23. The third-order valence-electron chi connectivity index (χ3n) is 1.85. The molecule has 6 heteroatoms. The van der Waals surface area contributed by atoms with Crippen LogP contribution in [0.15, 0.2) is 12.4 Å². The Morgan fingerprint density at radius 1 is 1.69 bits per heavy atom. The number of aromatic nitrogens is 3. The lowest BCUT2D eigenvalue weighted by atomic mass is 10.1. The number of carbonyl (C=O) groups excluding carboxylic acids is 1. The van der Waals surface area contributed by atoms with Gasteiger partial charge in [0.2, 0.25) is 0 Å². The Morgan fingerprint density at radius 2 is 2.38 bits per heavy atom. The summed E-state index contributed by atoms with van der Waals surface area (Å²) in [6, 6.07) is -0.971. The van der Waals surface area contributed by atoms with E-state index in [9.17, 15) is 4.79 Å². The van der Waals surface area contributed by atoms with E-state index >= 15 is 0 Å². The van der Waals surface area contributed by atoms with Crippen LogP contribution in [-0.4, -0.2) is 34.1 Å². The van der Waals surface area contributed by atoms with Crippen LogP contribution in [0.4, 0.5) is 0 Å². The Kier molecular flexibility index (Phi) is 2.97. The molecular formula is C7H12N4O2. The largest absolute Gasteiger partial charge is 0.468 e. The molecular weight excluding hydrogens is 172 g/mol. The van der Waals surface area contributed by atoms with Crippen LogP contribution in [0.5, 0.6) is 0 Å². The highest BCUT2D eigenvalue weighted by molar-refractivity contribution is 5.75. The van der Waals surface area contributed by atoms with E-state index in [1.165, 1.54) is 18.0 Å². The quantitative estimate of drug-likeness (QED) is 0.630. The van der Waals surface area contributed by atoms with Crippen LogP contribution in [0.2, 0.25) is 0 Å². The fourth-order valence-electron chi connectivity index (χ4n) is 0.932. The number of hydrogen-bond donors (Lipinski definition) is 1. The van der Waals surface area contributed by atoms with Gasteiger partial charge in [-0.1, -0.05) is 5.21 Å². The normalized spacial score (nSPS) is 15.0. The number of ether oxygens (including phenoxy) is 1. The average molecular weight is 184 g/mol. The maximum absolute atomic E-state index is 11.0. The van der Waals surface area contributed by atoms with Gasteiger partial charge in [0.1, 0.15) is 6.04 Å². The molecule has 0 fully saturated rings. The molecule has 0 spiro atoms. The smallest absolute Gasteiger partial charge is 0.324 e. The number of carbonyl (C=O) groups is 1. The van der Waals surface area contributed by atoms with E-state index in [1.807, 2.05) is 0 Å². The second kappa shape index (κ2) is 3.99. The summed E-state index contributed by atoms with van der Waals surface area (Å²) in [5.41, 5.74) is 5.60. The molecule has 0 amide bonds. The average Bonchev–Trinajstić information content (AvgIpc) is 2.67. The predicted octanol–water partition coefficient (Wildman–Crippen LogP) is -0.661. The summed E-state index contributed by atoms with van der Waals surface area (Å²) in [6.45, 7) is 1.77. The highest BCUT2D eigenvalue weighted by atomic mass is 16.5. The number of hydrogen-bond acceptors (Lipinski definition) is 5. The van der Waals surface area contributed by atoms with Gasteiger partial charge >= 0.3 is 5.97 Å². The number of nitrogens with zero attached hydrogens (tertiary/aromatic N) is 3. The van der Waals surface area contributed by atoms with Crippen molar-refractivity contribution in [2.45, 2.75) is 19.0 Å². The molecule has 0 saturated heterocycles. The highest BCUT2D eigenvalue weighted by Crippen LogP contribution is 2.07. The summed E-state index contributed by atoms with van der Waals surface area (Å²) in [4.78, 5) is 11.0. The van der Waals surface area contributed by atoms with Crippen LogP contribution < -0.4 is 5.73 Å². The van der Waals surface area contributed by atoms with Crippen molar-refractivity contribution in [1.29, 1.82) is 0 Å². The minimum absolute atomic E-state index is 0.255. The molecule has 1 aromatic rings. The van der Waals surface area contributed by atoms with Crippen LogP contribution in [-0.2, 0) is 9.53 Å². The maximum atomic E-state index is 11.0. The van der Waals surface area contributed by atoms with Gasteiger partial charge < -0.3 is 10.5 Å². The number of esters is 1. The van der Waals surface area contributed by atoms with E-state index in [-0.39, 0.29) is 6.04 Å². The second-order valence-corrected chi connectivity index (χ2v) is 2.67. The summed E-state index contributed by atoms with van der Waals surface area (Å²) in [7, 11) is 1.30. The van der Waals surface area contributed by atoms with Crippen molar-refractivity contribution in [3.63, 3.8) is 0 Å². The molecule has 0 aliphatic carbocycles. The van der Waals surface area contributed by atoms with Crippen molar-refractivity contribution in [2.75, 3.05) is 7.11 Å². The fraction of sp³-hybridized carbons (Fsp3) is 0.571. The summed E-state index contributed by atoms with van der Waals surface area (Å²) in [5.74, 6) is -0.456. The van der Waals surface area contributed by atoms with Crippen LogP contribution in [0.25, 0.3) is 0 Å². The van der Waals surface area contributed by atoms with Crippen LogP contribution >= 0.6 is 0 Å². The van der Waals surface area contributed by atoms with Crippen LogP contribution in [0, 0.1) is 0 Å². The first-order chi connectivity index (χ1) is 6.16. The van der Waals surface area contributed by atoms with Gasteiger partial charge in [0.05, 0.1) is 19.3 Å². The molecule has 1 aromatic heterocycles. The van der Waals surface area contributed by atoms with Crippen molar-refractivity contribution in [3.8, 4) is 0 Å². The van der Waals surface area contributed by atoms with Gasteiger partial charge in [-0.25, -0.2) is 4.68 Å². The van der Waals surface area contributed by atoms with Crippen molar-refractivity contribution >= 4 is 5.97 Å². The summed E-state index contributed by atoms with van der Waals surface area (Å²) >= 11 is 0. The number of rotatable bonds is 3. The summed E-state index contributed by atoms with van der Waals surface area (Å²) in [6.07, 6.45) is 3.17. The van der Waals surface area contributed by atoms with E-state index in [0.717, 1.165) is 0 Å². The Balaban J connectivity index is 2.68. The lowest BCUT2D eigenvalue weighted by Gasteiger charge is -2.16. The minimum atomic E-state index is -0.716. The zero-order chi connectivity index (χ0) is 9.84. The van der Waals surface area contributed by atoms with Gasteiger partial charge in [-0.2, -0.15) is 0 Å². The summed E-state index contributed by atoms with van der Waals surface area (Å²) in [5, 5.41) is 7.35. The standard InChI is InChI=1S/C7H12N4O2/c1-5(6(8)7(12)13-2)11-4-3-9-10-11/h3-6H,8H2,1-2H3/t5-,6-/m1/s1. The third-order valence-corrected chi connectivity index (χ3v) is 1.85. The molecule has 0 aromatic carbocycles. The Hall–Kier alpha value is -1.43. The van der Waals surface area contributed by atoms with Gasteiger partial charge in [-0.3, -0.25) is 4.79 Å². The molecule has 13 heavy (non-hydrogen) atoms. The van der Waals surface area contributed by atoms with Gasteiger partial charge in [0.25, 0.3) is 0 Å². The fourth-order valence-corrected chi connectivity index (χ4v) is 0.932. The van der Waals surface area contributed by atoms with Crippen LogP contribution in [0.3, 0.4) is 0 Å². The summed E-state index contributed by atoms with van der Waals surface area (Å²) < 4.78 is 6.02. The third kappa shape index (κ3) is 2.03. The maximum Gasteiger partial charge on any atom is 0.324 e. The van der Waals surface area contributed by atoms with Gasteiger partial charge in [0.15, 0.2) is 0 Å². The topological polar surface area (TPSA) is 83.0 Å². The molecule has 0 radical (unpaired) electrons. The Bertz CT molecular complexity index is 272. The van der Waals surface area contributed by atoms with Crippen molar-refractivity contribution in [1.82, 2.24) is 15.0 Å². The number of nitrogens with two attached hydrogens (primary N) is 1. The molecule has 6 nitrogen and oxygen atoms in total. The second-order valence-electron chi connectivity index (χ2n) is 2.67. The van der Waals surface area contributed by atoms with E-state index in [2.05, 4.69) is 15.0 Å². The van der Waals surface area contributed by atoms with E-state index in [1.54, 1.807) is 13.1 Å². The molecule has 0 unspecified atom stereocenters. The Morgan fingerprint density at radius 3 is 2.85 bits per heavy atom.